The number of carbonyl (C=O) groups is 2. The number of benzene rings is 2. The number of hydrogen-bond donors (Lipinski definition) is 2. The number of hydrogen-bond acceptors (Lipinski definition) is 5. The Bertz CT molecular complexity index is 1020. The fraction of sp³-hybridized carbons (Fsp3) is 0.364. The molecule has 2 N–H and O–H groups in total. The second-order valence-corrected chi connectivity index (χ2v) is 8.96. The topological polar surface area (TPSA) is 105 Å². The van der Waals surface area contributed by atoms with Crippen molar-refractivity contribution in [1.29, 1.82) is 0 Å². The first kappa shape index (κ1) is 24.4. The quantitative estimate of drug-likeness (QED) is 0.545. The summed E-state index contributed by atoms with van der Waals surface area (Å²) >= 11 is 0. The van der Waals surface area contributed by atoms with Gasteiger partial charge in [0.05, 0.1) is 29.8 Å². The standard InChI is InChI=1S/C22H29N3O5S/c1-5-20(25(31(4,28)29)17-10-8-9-16(2)15-17)22(27)24-19-12-7-6-11-18(19)21(26)23-13-14-30-3/h6-12,15,20H,5,13-14H2,1-4H3,(H,23,26)(H,24,27)/t20-/m1/s1. The maximum atomic E-state index is 13.2. The van der Waals surface area contributed by atoms with Gasteiger partial charge in [0.25, 0.3) is 5.91 Å². The van der Waals surface area contributed by atoms with E-state index in [1.54, 1.807) is 49.4 Å². The van der Waals surface area contributed by atoms with Gasteiger partial charge >= 0.3 is 0 Å². The van der Waals surface area contributed by atoms with Gasteiger partial charge in [-0.2, -0.15) is 0 Å². The fourth-order valence-corrected chi connectivity index (χ4v) is 4.40. The number of carbonyl (C=O) groups excluding carboxylic acids is 2. The summed E-state index contributed by atoms with van der Waals surface area (Å²) < 4.78 is 31.2. The van der Waals surface area contributed by atoms with E-state index < -0.39 is 22.0 Å². The van der Waals surface area contributed by atoms with Crippen molar-refractivity contribution in [3.05, 3.63) is 59.7 Å². The minimum Gasteiger partial charge on any atom is -0.383 e. The van der Waals surface area contributed by atoms with Gasteiger partial charge < -0.3 is 15.4 Å². The maximum absolute atomic E-state index is 13.2. The third kappa shape index (κ3) is 6.53. The van der Waals surface area contributed by atoms with Crippen molar-refractivity contribution in [2.75, 3.05) is 36.1 Å². The van der Waals surface area contributed by atoms with Crippen LogP contribution in [0.25, 0.3) is 0 Å². The summed E-state index contributed by atoms with van der Waals surface area (Å²) in [5, 5.41) is 5.45. The van der Waals surface area contributed by atoms with Gasteiger partial charge in [-0.3, -0.25) is 13.9 Å². The molecule has 0 heterocycles. The summed E-state index contributed by atoms with van der Waals surface area (Å²) in [7, 11) is -2.21. The molecule has 0 aromatic heterocycles. The second kappa shape index (κ2) is 10.9. The highest BCUT2D eigenvalue weighted by Crippen LogP contribution is 2.25. The Hall–Kier alpha value is -2.91. The Labute approximate surface area is 183 Å². The fourth-order valence-electron chi connectivity index (χ4n) is 3.19. The Morgan fingerprint density at radius 3 is 2.45 bits per heavy atom. The highest BCUT2D eigenvalue weighted by atomic mass is 32.2. The van der Waals surface area contributed by atoms with Crippen LogP contribution in [0.5, 0.6) is 0 Å². The number of nitrogens with one attached hydrogen (secondary N) is 2. The normalized spacial score (nSPS) is 12.1. The number of rotatable bonds is 10. The molecule has 9 heteroatoms. The maximum Gasteiger partial charge on any atom is 0.253 e. The van der Waals surface area contributed by atoms with Crippen LogP contribution in [0.15, 0.2) is 48.5 Å². The van der Waals surface area contributed by atoms with Gasteiger partial charge in [-0.05, 0) is 43.2 Å². The number of nitrogens with zero attached hydrogens (tertiary/aromatic N) is 1. The van der Waals surface area contributed by atoms with Gasteiger partial charge in [0.2, 0.25) is 15.9 Å². The molecule has 2 amide bonds. The van der Waals surface area contributed by atoms with Gasteiger partial charge in [0, 0.05) is 13.7 Å². The van der Waals surface area contributed by atoms with E-state index in [4.69, 9.17) is 4.74 Å². The molecule has 2 aromatic carbocycles. The summed E-state index contributed by atoms with van der Waals surface area (Å²) in [5.74, 6) is -0.883. The summed E-state index contributed by atoms with van der Waals surface area (Å²) in [6, 6.07) is 12.6. The van der Waals surface area contributed by atoms with E-state index in [1.165, 1.54) is 7.11 Å². The monoisotopic (exact) mass is 447 g/mol. The number of para-hydroxylation sites is 1. The number of anilines is 2. The molecule has 0 aliphatic carbocycles. The molecule has 0 bridgehead atoms. The van der Waals surface area contributed by atoms with E-state index in [0.717, 1.165) is 16.1 Å². The average molecular weight is 448 g/mol. The molecule has 0 radical (unpaired) electrons. The van der Waals surface area contributed by atoms with Gasteiger partial charge in [-0.1, -0.05) is 31.2 Å². The molecule has 0 fully saturated rings. The zero-order chi connectivity index (χ0) is 23.0. The van der Waals surface area contributed by atoms with E-state index in [0.29, 0.717) is 24.5 Å². The molecule has 0 unspecified atom stereocenters. The van der Waals surface area contributed by atoms with E-state index in [9.17, 15) is 18.0 Å². The summed E-state index contributed by atoms with van der Waals surface area (Å²) in [5.41, 5.74) is 1.87. The van der Waals surface area contributed by atoms with Crippen LogP contribution in [0.1, 0.15) is 29.3 Å². The summed E-state index contributed by atoms with van der Waals surface area (Å²) in [6.45, 7) is 4.27. The Morgan fingerprint density at radius 1 is 1.13 bits per heavy atom. The van der Waals surface area contributed by atoms with Crippen LogP contribution >= 0.6 is 0 Å². The van der Waals surface area contributed by atoms with Crippen LogP contribution in [-0.4, -0.2) is 52.8 Å². The van der Waals surface area contributed by atoms with E-state index in [2.05, 4.69) is 10.6 Å². The highest BCUT2D eigenvalue weighted by Gasteiger charge is 2.32. The SMILES string of the molecule is CC[C@H](C(=O)Nc1ccccc1C(=O)NCCOC)N(c1cccc(C)c1)S(C)(=O)=O. The molecule has 31 heavy (non-hydrogen) atoms. The van der Waals surface area contributed by atoms with Crippen molar-refractivity contribution in [3.63, 3.8) is 0 Å². The largest absolute Gasteiger partial charge is 0.383 e. The van der Waals surface area contributed by atoms with Crippen LogP contribution in [0.4, 0.5) is 11.4 Å². The molecular weight excluding hydrogens is 418 g/mol. The van der Waals surface area contributed by atoms with Crippen LogP contribution in [0.3, 0.4) is 0 Å². The number of sulfonamides is 1. The van der Waals surface area contributed by atoms with Crippen molar-refractivity contribution >= 4 is 33.2 Å². The second-order valence-electron chi connectivity index (χ2n) is 7.11. The first-order chi connectivity index (χ1) is 14.7. The number of amides is 2. The van der Waals surface area contributed by atoms with Gasteiger partial charge in [0.15, 0.2) is 0 Å². The Morgan fingerprint density at radius 2 is 1.84 bits per heavy atom. The number of ether oxygens (including phenoxy) is 1. The van der Waals surface area contributed by atoms with Gasteiger partial charge in [-0.15, -0.1) is 0 Å². The average Bonchev–Trinajstić information content (AvgIpc) is 2.71. The summed E-state index contributed by atoms with van der Waals surface area (Å²) in [4.78, 5) is 25.6. The van der Waals surface area contributed by atoms with Crippen LogP contribution in [-0.2, 0) is 19.6 Å². The molecule has 2 aromatic rings. The van der Waals surface area contributed by atoms with Crippen molar-refractivity contribution in [2.45, 2.75) is 26.3 Å². The minimum atomic E-state index is -3.75. The molecule has 0 aliphatic rings. The molecular formula is C22H29N3O5S. The first-order valence-electron chi connectivity index (χ1n) is 9.92. The number of aryl methyl sites for hydroxylation is 1. The predicted octanol–water partition coefficient (Wildman–Crippen LogP) is 2.55. The highest BCUT2D eigenvalue weighted by molar-refractivity contribution is 7.92. The molecule has 168 valence electrons. The first-order valence-corrected chi connectivity index (χ1v) is 11.8. The molecule has 0 spiro atoms. The predicted molar refractivity (Wildman–Crippen MR) is 122 cm³/mol. The molecule has 0 saturated heterocycles. The zero-order valence-corrected chi connectivity index (χ0v) is 19.0. The van der Waals surface area contributed by atoms with E-state index in [-0.39, 0.29) is 17.9 Å². The smallest absolute Gasteiger partial charge is 0.253 e. The van der Waals surface area contributed by atoms with Gasteiger partial charge in [-0.25, -0.2) is 8.42 Å². The summed E-state index contributed by atoms with van der Waals surface area (Å²) in [6.07, 6.45) is 1.32. The molecule has 8 nitrogen and oxygen atoms in total. The van der Waals surface area contributed by atoms with Gasteiger partial charge in [0.1, 0.15) is 6.04 Å². The lowest BCUT2D eigenvalue weighted by Gasteiger charge is -2.30. The molecule has 2 rings (SSSR count). The van der Waals surface area contributed by atoms with Crippen LogP contribution in [0, 0.1) is 6.92 Å². The molecule has 0 saturated carbocycles. The Balaban J connectivity index is 2.33. The van der Waals surface area contributed by atoms with Crippen molar-refractivity contribution in [2.24, 2.45) is 0 Å². The lowest BCUT2D eigenvalue weighted by Crippen LogP contribution is -2.47. The number of methoxy groups -OCH3 is 1. The zero-order valence-electron chi connectivity index (χ0n) is 18.2. The van der Waals surface area contributed by atoms with Crippen LogP contribution < -0.4 is 14.9 Å². The third-order valence-corrected chi connectivity index (χ3v) is 5.79. The molecule has 1 atom stereocenters. The van der Waals surface area contributed by atoms with Crippen molar-refractivity contribution in [1.82, 2.24) is 5.32 Å². The minimum absolute atomic E-state index is 0.245. The van der Waals surface area contributed by atoms with E-state index >= 15 is 0 Å². The van der Waals surface area contributed by atoms with E-state index in [1.807, 2.05) is 13.0 Å². The van der Waals surface area contributed by atoms with Crippen molar-refractivity contribution < 1.29 is 22.7 Å². The molecule has 0 aliphatic heterocycles. The lowest BCUT2D eigenvalue weighted by atomic mass is 10.1. The lowest BCUT2D eigenvalue weighted by molar-refractivity contribution is -0.117. The van der Waals surface area contributed by atoms with Crippen LogP contribution in [0.2, 0.25) is 0 Å². The van der Waals surface area contributed by atoms with Crippen molar-refractivity contribution in [3.8, 4) is 0 Å². The third-order valence-electron chi connectivity index (χ3n) is 4.61. The Kier molecular flexibility index (Phi) is 8.58.